The highest BCUT2D eigenvalue weighted by molar-refractivity contribution is 9.10. The summed E-state index contributed by atoms with van der Waals surface area (Å²) in [5, 5.41) is 4.30. The smallest absolute Gasteiger partial charge is 0.257 e. The second-order valence-corrected chi connectivity index (χ2v) is 5.57. The maximum absolute atomic E-state index is 12.2. The van der Waals surface area contributed by atoms with Crippen molar-refractivity contribution >= 4 is 50.0 Å². The van der Waals surface area contributed by atoms with Gasteiger partial charge in [-0.1, -0.05) is 17.7 Å². The van der Waals surface area contributed by atoms with Gasteiger partial charge in [0.25, 0.3) is 5.91 Å². The Morgan fingerprint density at radius 3 is 2.90 bits per heavy atom. The van der Waals surface area contributed by atoms with Gasteiger partial charge in [0.15, 0.2) is 0 Å². The van der Waals surface area contributed by atoms with Crippen LogP contribution in [0.4, 0.5) is 5.69 Å². The molecule has 3 aromatic rings. The lowest BCUT2D eigenvalue weighted by atomic mass is 10.2. The quantitative estimate of drug-likeness (QED) is 0.683. The van der Waals surface area contributed by atoms with Crippen LogP contribution in [0.15, 0.2) is 53.1 Å². The van der Waals surface area contributed by atoms with E-state index >= 15 is 0 Å². The minimum atomic E-state index is -0.230. The maximum atomic E-state index is 12.2. The van der Waals surface area contributed by atoms with E-state index in [0.29, 0.717) is 15.1 Å². The molecule has 1 amide bonds. The van der Waals surface area contributed by atoms with Crippen LogP contribution >= 0.6 is 27.5 Å². The summed E-state index contributed by atoms with van der Waals surface area (Å²) in [6.45, 7) is 0. The number of aromatic nitrogens is 1. The van der Waals surface area contributed by atoms with E-state index in [-0.39, 0.29) is 5.91 Å². The molecule has 0 saturated carbocycles. The zero-order valence-electron chi connectivity index (χ0n) is 10.3. The molecule has 3 rings (SSSR count). The van der Waals surface area contributed by atoms with Gasteiger partial charge in [0.1, 0.15) is 0 Å². The summed E-state index contributed by atoms with van der Waals surface area (Å²) < 4.78 is 0.702. The summed E-state index contributed by atoms with van der Waals surface area (Å²) in [6, 6.07) is 12.9. The highest BCUT2D eigenvalue weighted by atomic mass is 79.9. The zero-order valence-corrected chi connectivity index (χ0v) is 12.6. The van der Waals surface area contributed by atoms with Crippen LogP contribution in [0.1, 0.15) is 10.4 Å². The fourth-order valence-electron chi connectivity index (χ4n) is 2.01. The van der Waals surface area contributed by atoms with E-state index < -0.39 is 0 Å². The van der Waals surface area contributed by atoms with Gasteiger partial charge in [-0.15, -0.1) is 0 Å². The van der Waals surface area contributed by atoms with E-state index in [9.17, 15) is 4.79 Å². The molecule has 0 radical (unpaired) electrons. The Balaban J connectivity index is 1.90. The SMILES string of the molecule is O=C(Nc1ccc2[nH]ccc2c1)c1cccc(Br)c1Cl. The van der Waals surface area contributed by atoms with Crippen molar-refractivity contribution in [2.75, 3.05) is 5.32 Å². The molecule has 0 spiro atoms. The Labute approximate surface area is 129 Å². The Bertz CT molecular complexity index is 797. The van der Waals surface area contributed by atoms with Gasteiger partial charge in [-0.2, -0.15) is 0 Å². The van der Waals surface area contributed by atoms with E-state index in [0.717, 1.165) is 16.6 Å². The van der Waals surface area contributed by atoms with Crippen LogP contribution < -0.4 is 5.32 Å². The number of amides is 1. The van der Waals surface area contributed by atoms with Crippen LogP contribution in [0, 0.1) is 0 Å². The minimum Gasteiger partial charge on any atom is -0.361 e. The number of fused-ring (bicyclic) bond motifs is 1. The van der Waals surface area contributed by atoms with Crippen molar-refractivity contribution in [3.8, 4) is 0 Å². The molecule has 0 bridgehead atoms. The molecule has 5 heteroatoms. The molecule has 0 saturated heterocycles. The molecule has 3 nitrogen and oxygen atoms in total. The van der Waals surface area contributed by atoms with Gasteiger partial charge < -0.3 is 10.3 Å². The molecule has 0 aliphatic heterocycles. The largest absolute Gasteiger partial charge is 0.361 e. The van der Waals surface area contributed by atoms with Crippen molar-refractivity contribution in [3.05, 3.63) is 63.7 Å². The van der Waals surface area contributed by atoms with E-state index in [1.165, 1.54) is 0 Å². The molecule has 2 N–H and O–H groups in total. The summed E-state index contributed by atoms with van der Waals surface area (Å²) >= 11 is 9.43. The number of hydrogen-bond donors (Lipinski definition) is 2. The van der Waals surface area contributed by atoms with Crippen molar-refractivity contribution in [1.29, 1.82) is 0 Å². The number of carbonyl (C=O) groups is 1. The van der Waals surface area contributed by atoms with Crippen molar-refractivity contribution in [2.24, 2.45) is 0 Å². The number of H-pyrrole nitrogens is 1. The monoisotopic (exact) mass is 348 g/mol. The van der Waals surface area contributed by atoms with Gasteiger partial charge >= 0.3 is 0 Å². The number of aromatic amines is 1. The third-order valence-electron chi connectivity index (χ3n) is 3.01. The van der Waals surface area contributed by atoms with Crippen LogP contribution in [-0.4, -0.2) is 10.9 Å². The van der Waals surface area contributed by atoms with Gasteiger partial charge in [-0.3, -0.25) is 4.79 Å². The molecule has 1 heterocycles. The van der Waals surface area contributed by atoms with Crippen molar-refractivity contribution in [1.82, 2.24) is 4.98 Å². The Morgan fingerprint density at radius 1 is 1.20 bits per heavy atom. The normalized spacial score (nSPS) is 10.7. The Morgan fingerprint density at radius 2 is 2.05 bits per heavy atom. The molecule has 1 aromatic heterocycles. The average Bonchev–Trinajstić information content (AvgIpc) is 2.89. The third kappa shape index (κ3) is 2.44. The fraction of sp³-hybridized carbons (Fsp3) is 0. The predicted molar refractivity (Wildman–Crippen MR) is 85.4 cm³/mol. The lowest BCUT2D eigenvalue weighted by molar-refractivity contribution is 0.102. The van der Waals surface area contributed by atoms with Gasteiger partial charge in [-0.05, 0) is 52.3 Å². The average molecular weight is 350 g/mol. The molecular weight excluding hydrogens is 340 g/mol. The molecule has 2 aromatic carbocycles. The fourth-order valence-corrected chi connectivity index (χ4v) is 2.59. The van der Waals surface area contributed by atoms with Crippen molar-refractivity contribution in [3.63, 3.8) is 0 Å². The summed E-state index contributed by atoms with van der Waals surface area (Å²) in [6.07, 6.45) is 1.86. The standard InChI is InChI=1S/C15H10BrClN2O/c16-12-3-1-2-11(14(12)17)15(20)19-10-4-5-13-9(8-10)6-7-18-13/h1-8,18H,(H,19,20). The first-order valence-electron chi connectivity index (χ1n) is 5.97. The number of anilines is 1. The minimum absolute atomic E-state index is 0.230. The Kier molecular flexibility index (Phi) is 3.51. The van der Waals surface area contributed by atoms with E-state index in [1.54, 1.807) is 18.2 Å². The van der Waals surface area contributed by atoms with Gasteiger partial charge in [0.2, 0.25) is 0 Å². The highest BCUT2D eigenvalue weighted by Crippen LogP contribution is 2.27. The second-order valence-electron chi connectivity index (χ2n) is 4.34. The molecular formula is C15H10BrClN2O. The molecule has 0 atom stereocenters. The third-order valence-corrected chi connectivity index (χ3v) is 4.30. The highest BCUT2D eigenvalue weighted by Gasteiger charge is 2.12. The first-order chi connectivity index (χ1) is 9.65. The van der Waals surface area contributed by atoms with Crippen LogP contribution in [-0.2, 0) is 0 Å². The van der Waals surface area contributed by atoms with E-state index in [1.807, 2.05) is 30.5 Å². The number of rotatable bonds is 2. The van der Waals surface area contributed by atoms with Gasteiger partial charge in [0.05, 0.1) is 10.6 Å². The summed E-state index contributed by atoms with van der Waals surface area (Å²) in [5.41, 5.74) is 2.21. The number of carbonyl (C=O) groups excluding carboxylic acids is 1. The van der Waals surface area contributed by atoms with Crippen molar-refractivity contribution < 1.29 is 4.79 Å². The second kappa shape index (κ2) is 5.31. The summed E-state index contributed by atoms with van der Waals surface area (Å²) in [4.78, 5) is 15.3. The topological polar surface area (TPSA) is 44.9 Å². The van der Waals surface area contributed by atoms with Crippen LogP contribution in [0.3, 0.4) is 0 Å². The lowest BCUT2D eigenvalue weighted by Crippen LogP contribution is -2.12. The predicted octanol–water partition coefficient (Wildman–Crippen LogP) is 4.84. The molecule has 0 aliphatic rings. The van der Waals surface area contributed by atoms with E-state index in [2.05, 4.69) is 26.2 Å². The maximum Gasteiger partial charge on any atom is 0.257 e. The van der Waals surface area contributed by atoms with Crippen LogP contribution in [0.25, 0.3) is 10.9 Å². The summed E-state index contributed by atoms with van der Waals surface area (Å²) in [5.74, 6) is -0.230. The zero-order chi connectivity index (χ0) is 14.1. The Hall–Kier alpha value is -1.78. The van der Waals surface area contributed by atoms with Gasteiger partial charge in [0, 0.05) is 27.3 Å². The van der Waals surface area contributed by atoms with Crippen LogP contribution in [0.2, 0.25) is 5.02 Å². The number of nitrogens with one attached hydrogen (secondary N) is 2. The summed E-state index contributed by atoms with van der Waals surface area (Å²) in [7, 11) is 0. The van der Waals surface area contributed by atoms with E-state index in [4.69, 9.17) is 11.6 Å². The number of halogens is 2. The molecule has 100 valence electrons. The number of hydrogen-bond acceptors (Lipinski definition) is 1. The molecule has 0 unspecified atom stereocenters. The molecule has 0 aliphatic carbocycles. The first-order valence-corrected chi connectivity index (χ1v) is 7.15. The van der Waals surface area contributed by atoms with Crippen LogP contribution in [0.5, 0.6) is 0 Å². The molecule has 0 fully saturated rings. The number of benzene rings is 2. The van der Waals surface area contributed by atoms with Crippen molar-refractivity contribution in [2.45, 2.75) is 0 Å². The first kappa shape index (κ1) is 13.2. The lowest BCUT2D eigenvalue weighted by Gasteiger charge is -2.08. The molecule has 20 heavy (non-hydrogen) atoms. The van der Waals surface area contributed by atoms with Gasteiger partial charge in [-0.25, -0.2) is 0 Å².